The van der Waals surface area contributed by atoms with E-state index in [0.717, 1.165) is 12.8 Å². The van der Waals surface area contributed by atoms with Crippen molar-refractivity contribution in [1.29, 1.82) is 0 Å². The second-order valence-electron chi connectivity index (χ2n) is 6.40. The third kappa shape index (κ3) is 11.6. The van der Waals surface area contributed by atoms with Crippen molar-refractivity contribution >= 4 is 46.7 Å². The summed E-state index contributed by atoms with van der Waals surface area (Å²) < 4.78 is 9.59. The van der Waals surface area contributed by atoms with Crippen LogP contribution in [0, 0.1) is 0 Å². The Morgan fingerprint density at radius 2 is 1.65 bits per heavy atom. The van der Waals surface area contributed by atoms with E-state index in [2.05, 4.69) is 21.5 Å². The molecule has 1 aromatic carbocycles. The second-order valence-corrected chi connectivity index (χ2v) is 6.81. The van der Waals surface area contributed by atoms with Crippen molar-refractivity contribution in [2.75, 3.05) is 25.6 Å². The number of anilines is 1. The van der Waals surface area contributed by atoms with Crippen LogP contribution < -0.4 is 21.5 Å². The summed E-state index contributed by atoms with van der Waals surface area (Å²) >= 11 is 4.93. The number of hydrogen-bond acceptors (Lipinski definition) is 7. The third-order valence-electron chi connectivity index (χ3n) is 3.84. The van der Waals surface area contributed by atoms with Crippen molar-refractivity contribution in [1.82, 2.24) is 16.2 Å². The summed E-state index contributed by atoms with van der Waals surface area (Å²) in [4.78, 5) is 47.1. The number of ether oxygens (including phenoxy) is 2. The number of amides is 3. The van der Waals surface area contributed by atoms with Gasteiger partial charge in [0.05, 0.1) is 13.0 Å². The molecule has 0 bridgehead atoms. The van der Waals surface area contributed by atoms with E-state index in [1.807, 2.05) is 6.92 Å². The van der Waals surface area contributed by atoms with E-state index in [9.17, 15) is 19.2 Å². The van der Waals surface area contributed by atoms with Crippen molar-refractivity contribution in [3.8, 4) is 0 Å². The highest BCUT2D eigenvalue weighted by Crippen LogP contribution is 2.10. The molecule has 0 atom stereocenters. The number of methoxy groups -OCH3 is 1. The van der Waals surface area contributed by atoms with E-state index in [1.165, 1.54) is 7.11 Å². The first-order valence-corrected chi connectivity index (χ1v) is 10.2. The largest absolute Gasteiger partial charge is 0.463 e. The number of esters is 1. The van der Waals surface area contributed by atoms with Crippen LogP contribution in [0.15, 0.2) is 24.3 Å². The number of hydrogen-bond donors (Lipinski definition) is 4. The molecule has 0 radical (unpaired) electrons. The van der Waals surface area contributed by atoms with Gasteiger partial charge in [0.25, 0.3) is 5.91 Å². The SMILES string of the molecule is CCCCC(=O)Nc1ccc(C(=O)NNC(=S)NC(=O)CCC(=O)OCCOC)cc1. The standard InChI is InChI=1S/C20H28N4O6S/c1-3-4-5-16(25)21-15-8-6-14(7-9-15)19(28)23-24-20(31)22-17(26)10-11-18(27)30-13-12-29-2/h6-9H,3-5,10-13H2,1-2H3,(H,21,25)(H,23,28)(H2,22,24,26,31). The molecule has 10 nitrogen and oxygen atoms in total. The highest BCUT2D eigenvalue weighted by molar-refractivity contribution is 7.80. The zero-order valence-corrected chi connectivity index (χ0v) is 18.4. The first-order chi connectivity index (χ1) is 14.8. The van der Waals surface area contributed by atoms with Crippen molar-refractivity contribution in [3.63, 3.8) is 0 Å². The lowest BCUT2D eigenvalue weighted by Gasteiger charge is -2.11. The van der Waals surface area contributed by atoms with Crippen molar-refractivity contribution in [2.24, 2.45) is 0 Å². The molecule has 0 fully saturated rings. The highest BCUT2D eigenvalue weighted by Gasteiger charge is 2.11. The van der Waals surface area contributed by atoms with Crippen LogP contribution in [0.3, 0.4) is 0 Å². The van der Waals surface area contributed by atoms with Gasteiger partial charge in [-0.2, -0.15) is 0 Å². The monoisotopic (exact) mass is 452 g/mol. The number of carbonyl (C=O) groups excluding carboxylic acids is 4. The average molecular weight is 453 g/mol. The smallest absolute Gasteiger partial charge is 0.306 e. The maximum Gasteiger partial charge on any atom is 0.306 e. The molecule has 0 saturated carbocycles. The van der Waals surface area contributed by atoms with Gasteiger partial charge in [-0.25, -0.2) is 0 Å². The number of rotatable bonds is 11. The van der Waals surface area contributed by atoms with E-state index in [4.69, 9.17) is 21.7 Å². The number of nitrogens with one attached hydrogen (secondary N) is 4. The summed E-state index contributed by atoms with van der Waals surface area (Å²) in [6, 6.07) is 6.32. The van der Waals surface area contributed by atoms with Crippen molar-refractivity contribution in [2.45, 2.75) is 39.0 Å². The van der Waals surface area contributed by atoms with Crippen LogP contribution >= 0.6 is 12.2 Å². The Hall–Kier alpha value is -3.05. The zero-order chi connectivity index (χ0) is 23.1. The van der Waals surface area contributed by atoms with E-state index in [-0.39, 0.29) is 37.1 Å². The Labute approximate surface area is 186 Å². The van der Waals surface area contributed by atoms with E-state index >= 15 is 0 Å². The van der Waals surface area contributed by atoms with Crippen LogP contribution in [-0.4, -0.2) is 49.1 Å². The maximum atomic E-state index is 12.1. The van der Waals surface area contributed by atoms with Gasteiger partial charge in [0.15, 0.2) is 5.11 Å². The van der Waals surface area contributed by atoms with Crippen LogP contribution in [0.2, 0.25) is 0 Å². The number of benzene rings is 1. The molecule has 0 aliphatic rings. The minimum atomic E-state index is -0.524. The predicted molar refractivity (Wildman–Crippen MR) is 118 cm³/mol. The van der Waals surface area contributed by atoms with Crippen molar-refractivity contribution in [3.05, 3.63) is 29.8 Å². The molecule has 170 valence electrons. The van der Waals surface area contributed by atoms with E-state index in [0.29, 0.717) is 17.7 Å². The second kappa shape index (κ2) is 14.9. The molecule has 0 heterocycles. The summed E-state index contributed by atoms with van der Waals surface area (Å²) in [6.07, 6.45) is 1.97. The molecule has 0 aromatic heterocycles. The quantitative estimate of drug-likeness (QED) is 0.171. The number of carbonyl (C=O) groups is 4. The Bertz CT molecular complexity index is 769. The molecule has 11 heteroatoms. The molecular weight excluding hydrogens is 424 g/mol. The molecule has 31 heavy (non-hydrogen) atoms. The molecule has 0 unspecified atom stereocenters. The van der Waals surface area contributed by atoms with Gasteiger partial charge >= 0.3 is 5.97 Å². The topological polar surface area (TPSA) is 135 Å². The molecule has 0 saturated heterocycles. The molecule has 0 spiro atoms. The molecular formula is C20H28N4O6S. The van der Waals surface area contributed by atoms with Gasteiger partial charge in [0, 0.05) is 31.2 Å². The van der Waals surface area contributed by atoms with Crippen LogP contribution in [0.25, 0.3) is 0 Å². The molecule has 0 aliphatic carbocycles. The van der Waals surface area contributed by atoms with Gasteiger partial charge < -0.3 is 20.1 Å². The fraction of sp³-hybridized carbons (Fsp3) is 0.450. The normalized spacial score (nSPS) is 10.0. The Balaban J connectivity index is 2.33. The summed E-state index contributed by atoms with van der Waals surface area (Å²) in [7, 11) is 1.48. The lowest BCUT2D eigenvalue weighted by molar-refractivity contribution is -0.146. The van der Waals surface area contributed by atoms with Crippen LogP contribution in [0.4, 0.5) is 5.69 Å². The fourth-order valence-electron chi connectivity index (χ4n) is 2.20. The number of unbranched alkanes of at least 4 members (excludes halogenated alkanes) is 1. The Kier molecular flexibility index (Phi) is 12.5. The number of hydrazine groups is 1. The minimum Gasteiger partial charge on any atom is -0.463 e. The van der Waals surface area contributed by atoms with Crippen LogP contribution in [0.5, 0.6) is 0 Å². The van der Waals surface area contributed by atoms with Gasteiger partial charge in [-0.1, -0.05) is 13.3 Å². The lowest BCUT2D eigenvalue weighted by Crippen LogP contribution is -2.48. The third-order valence-corrected chi connectivity index (χ3v) is 4.04. The molecule has 1 aromatic rings. The first-order valence-electron chi connectivity index (χ1n) is 9.80. The summed E-state index contributed by atoms with van der Waals surface area (Å²) in [5, 5.41) is 4.98. The highest BCUT2D eigenvalue weighted by atomic mass is 32.1. The van der Waals surface area contributed by atoms with E-state index < -0.39 is 17.8 Å². The molecule has 3 amide bonds. The molecule has 0 aliphatic heterocycles. The van der Waals surface area contributed by atoms with Crippen molar-refractivity contribution < 1.29 is 28.7 Å². The van der Waals surface area contributed by atoms with Gasteiger partial charge in [-0.05, 0) is 42.9 Å². The zero-order valence-electron chi connectivity index (χ0n) is 17.6. The van der Waals surface area contributed by atoms with Gasteiger partial charge in [-0.3, -0.25) is 30.0 Å². The molecule has 1 rings (SSSR count). The maximum absolute atomic E-state index is 12.1. The summed E-state index contributed by atoms with van der Waals surface area (Å²) in [5.74, 6) is -1.59. The minimum absolute atomic E-state index is 0.0787. The molecule has 4 N–H and O–H groups in total. The number of thiocarbonyl (C=S) groups is 1. The summed E-state index contributed by atoms with van der Waals surface area (Å²) in [6.45, 7) is 2.41. The summed E-state index contributed by atoms with van der Waals surface area (Å²) in [5.41, 5.74) is 5.68. The van der Waals surface area contributed by atoms with Gasteiger partial charge in [-0.15, -0.1) is 0 Å². The lowest BCUT2D eigenvalue weighted by atomic mass is 10.2. The predicted octanol–water partition coefficient (Wildman–Crippen LogP) is 1.42. The average Bonchev–Trinajstić information content (AvgIpc) is 2.75. The van der Waals surface area contributed by atoms with Gasteiger partial charge in [0.2, 0.25) is 11.8 Å². The Morgan fingerprint density at radius 3 is 2.29 bits per heavy atom. The van der Waals surface area contributed by atoms with Crippen LogP contribution in [-0.2, 0) is 23.9 Å². The van der Waals surface area contributed by atoms with Crippen LogP contribution in [0.1, 0.15) is 49.4 Å². The fourth-order valence-corrected chi connectivity index (χ4v) is 2.36. The van der Waals surface area contributed by atoms with Gasteiger partial charge in [0.1, 0.15) is 6.61 Å². The van der Waals surface area contributed by atoms with E-state index in [1.54, 1.807) is 24.3 Å². The first kappa shape index (κ1) is 26.0. The Morgan fingerprint density at radius 1 is 0.935 bits per heavy atom.